The van der Waals surface area contributed by atoms with Gasteiger partial charge in [0.15, 0.2) is 4.32 Å². The van der Waals surface area contributed by atoms with Gasteiger partial charge in [-0.2, -0.15) is 5.26 Å². The number of ether oxygens (including phenoxy) is 1. The number of morpholine rings is 1. The SMILES string of the molecule is CCn1c(N2CCOCC2)c(/C=C2/SC(=S)N(c3c(C)n(C)n(-c4ccccc4)c3=O)C2=O)c(C)c(C#N)c1=O. The number of aromatic nitrogens is 3. The number of nitrogens with zero attached hydrogens (tertiary/aromatic N) is 6. The molecule has 12 heteroatoms. The second kappa shape index (κ2) is 10.9. The number of carbonyl (C=O) groups is 1. The second-order valence-electron chi connectivity index (χ2n) is 9.43. The number of thioether (sulfide) groups is 1. The Morgan fingerprint density at radius 1 is 1.10 bits per heavy atom. The predicted octanol–water partition coefficient (Wildman–Crippen LogP) is 3.09. The van der Waals surface area contributed by atoms with E-state index in [0.717, 1.165) is 11.8 Å². The number of hydrogen-bond donors (Lipinski definition) is 0. The van der Waals surface area contributed by atoms with Gasteiger partial charge in [0.25, 0.3) is 17.0 Å². The van der Waals surface area contributed by atoms with Crippen LogP contribution in [0.25, 0.3) is 11.8 Å². The Morgan fingerprint density at radius 3 is 2.40 bits per heavy atom. The highest BCUT2D eigenvalue weighted by Crippen LogP contribution is 2.38. The number of rotatable bonds is 5. The van der Waals surface area contributed by atoms with Gasteiger partial charge in [-0.25, -0.2) is 4.68 Å². The molecule has 206 valence electrons. The zero-order chi connectivity index (χ0) is 28.7. The number of hydrogen-bond acceptors (Lipinski definition) is 8. The first-order valence-corrected chi connectivity index (χ1v) is 14.1. The zero-order valence-electron chi connectivity index (χ0n) is 22.6. The number of benzene rings is 1. The van der Waals surface area contributed by atoms with Gasteiger partial charge in [0.2, 0.25) is 0 Å². The molecule has 0 unspecified atom stereocenters. The average molecular weight is 577 g/mol. The van der Waals surface area contributed by atoms with Crippen molar-refractivity contribution in [2.45, 2.75) is 27.3 Å². The minimum atomic E-state index is -0.430. The summed E-state index contributed by atoms with van der Waals surface area (Å²) < 4.78 is 10.5. The lowest BCUT2D eigenvalue weighted by Gasteiger charge is -2.33. The molecule has 1 amide bonds. The Hall–Kier alpha value is -3.92. The summed E-state index contributed by atoms with van der Waals surface area (Å²) in [4.78, 5) is 44.4. The standard InChI is InChI=1S/C28H28N6O4S2/c1-5-32-24(31-11-13-38-14-12-31)20(17(2)21(16-29)25(32)35)15-22-26(36)33(28(39)40-22)23-18(3)30(4)34(27(23)37)19-9-7-6-8-10-19/h6-10,15H,5,11-14H2,1-4H3/b22-15+. The summed E-state index contributed by atoms with van der Waals surface area (Å²) in [5, 5.41) is 9.82. The van der Waals surface area contributed by atoms with E-state index in [1.54, 1.807) is 36.2 Å². The third kappa shape index (κ3) is 4.40. The second-order valence-corrected chi connectivity index (χ2v) is 11.1. The van der Waals surface area contributed by atoms with Crippen LogP contribution in [-0.4, -0.2) is 50.5 Å². The molecule has 0 saturated carbocycles. The maximum absolute atomic E-state index is 13.9. The summed E-state index contributed by atoms with van der Waals surface area (Å²) in [6, 6.07) is 11.2. The molecule has 4 heterocycles. The topological polar surface area (TPSA) is 106 Å². The third-order valence-electron chi connectivity index (χ3n) is 7.29. The van der Waals surface area contributed by atoms with Crippen molar-refractivity contribution >= 4 is 51.8 Å². The highest BCUT2D eigenvalue weighted by atomic mass is 32.2. The van der Waals surface area contributed by atoms with Crippen LogP contribution < -0.4 is 20.9 Å². The molecular weight excluding hydrogens is 548 g/mol. The Balaban J connectivity index is 1.66. The molecule has 0 bridgehead atoms. The van der Waals surface area contributed by atoms with E-state index in [-0.39, 0.29) is 26.7 Å². The molecule has 2 aliphatic rings. The minimum absolute atomic E-state index is 0.0326. The van der Waals surface area contributed by atoms with Crippen LogP contribution in [0.4, 0.5) is 11.5 Å². The molecule has 2 aromatic heterocycles. The Morgan fingerprint density at radius 2 is 1.77 bits per heavy atom. The molecule has 0 aliphatic carbocycles. The first-order chi connectivity index (χ1) is 19.2. The lowest BCUT2D eigenvalue weighted by atomic mass is 10.0. The molecule has 0 radical (unpaired) electrons. The van der Waals surface area contributed by atoms with Gasteiger partial charge >= 0.3 is 0 Å². The fourth-order valence-corrected chi connectivity index (χ4v) is 6.41. The number of pyridine rings is 1. The van der Waals surface area contributed by atoms with E-state index in [9.17, 15) is 19.6 Å². The third-order valence-corrected chi connectivity index (χ3v) is 8.59. The van der Waals surface area contributed by atoms with E-state index < -0.39 is 5.91 Å². The number of carbonyl (C=O) groups excluding carboxylic acids is 1. The van der Waals surface area contributed by atoms with Gasteiger partial charge in [0.1, 0.15) is 23.1 Å². The molecule has 10 nitrogen and oxygen atoms in total. The summed E-state index contributed by atoms with van der Waals surface area (Å²) in [7, 11) is 1.76. The van der Waals surface area contributed by atoms with E-state index in [1.165, 1.54) is 9.58 Å². The molecular formula is C28H28N6O4S2. The summed E-state index contributed by atoms with van der Waals surface area (Å²) in [6.07, 6.45) is 1.69. The molecule has 40 heavy (non-hydrogen) atoms. The molecule has 5 rings (SSSR count). The van der Waals surface area contributed by atoms with E-state index >= 15 is 0 Å². The average Bonchev–Trinajstić information content (AvgIpc) is 3.35. The number of nitriles is 1. The maximum atomic E-state index is 13.9. The van der Waals surface area contributed by atoms with Gasteiger partial charge in [-0.15, -0.1) is 0 Å². The van der Waals surface area contributed by atoms with Crippen molar-refractivity contribution in [3.63, 3.8) is 0 Å². The largest absolute Gasteiger partial charge is 0.378 e. The van der Waals surface area contributed by atoms with Crippen LogP contribution in [0, 0.1) is 25.2 Å². The van der Waals surface area contributed by atoms with Crippen LogP contribution in [-0.2, 0) is 23.1 Å². The number of amides is 1. The van der Waals surface area contributed by atoms with Gasteiger partial charge in [0.05, 0.1) is 29.5 Å². The van der Waals surface area contributed by atoms with Gasteiger partial charge < -0.3 is 9.64 Å². The molecule has 3 aromatic rings. The molecule has 2 aliphatic heterocycles. The van der Waals surface area contributed by atoms with Crippen molar-refractivity contribution < 1.29 is 9.53 Å². The lowest BCUT2D eigenvalue weighted by molar-refractivity contribution is -0.113. The fraction of sp³-hybridized carbons (Fsp3) is 0.321. The lowest BCUT2D eigenvalue weighted by Crippen LogP contribution is -2.41. The molecule has 1 aromatic carbocycles. The van der Waals surface area contributed by atoms with E-state index in [1.807, 2.05) is 43.3 Å². The first kappa shape index (κ1) is 27.6. The maximum Gasteiger partial charge on any atom is 0.296 e. The van der Waals surface area contributed by atoms with Gasteiger partial charge in [-0.1, -0.05) is 42.2 Å². The predicted molar refractivity (Wildman–Crippen MR) is 160 cm³/mol. The van der Waals surface area contributed by atoms with Crippen LogP contribution in [0.15, 0.2) is 44.8 Å². The molecule has 0 atom stereocenters. The monoisotopic (exact) mass is 576 g/mol. The van der Waals surface area contributed by atoms with Crippen molar-refractivity contribution in [3.05, 3.63) is 78.3 Å². The van der Waals surface area contributed by atoms with Crippen molar-refractivity contribution in [1.29, 1.82) is 5.26 Å². The van der Waals surface area contributed by atoms with Crippen LogP contribution >= 0.6 is 24.0 Å². The van der Waals surface area contributed by atoms with Crippen molar-refractivity contribution in [2.24, 2.45) is 7.05 Å². The summed E-state index contributed by atoms with van der Waals surface area (Å²) in [5.74, 6) is 0.209. The van der Waals surface area contributed by atoms with Crippen LogP contribution in [0.1, 0.15) is 29.3 Å². The number of thiocarbonyl (C=S) groups is 1. The van der Waals surface area contributed by atoms with Gasteiger partial charge in [-0.05, 0) is 44.5 Å². The summed E-state index contributed by atoms with van der Waals surface area (Å²) in [5.41, 5.74) is 1.85. The molecule has 2 fully saturated rings. The van der Waals surface area contributed by atoms with Crippen LogP contribution in [0.5, 0.6) is 0 Å². The number of anilines is 2. The van der Waals surface area contributed by atoms with Crippen LogP contribution in [0.3, 0.4) is 0 Å². The Bertz CT molecular complexity index is 1720. The van der Waals surface area contributed by atoms with Crippen molar-refractivity contribution in [3.8, 4) is 11.8 Å². The highest BCUT2D eigenvalue weighted by molar-refractivity contribution is 8.27. The van der Waals surface area contributed by atoms with Crippen LogP contribution in [0.2, 0.25) is 0 Å². The molecule has 2 saturated heterocycles. The molecule has 0 spiro atoms. The van der Waals surface area contributed by atoms with Gasteiger partial charge in [-0.3, -0.25) is 28.5 Å². The minimum Gasteiger partial charge on any atom is -0.378 e. The number of para-hydroxylation sites is 1. The summed E-state index contributed by atoms with van der Waals surface area (Å²) >= 11 is 6.72. The normalized spacial score (nSPS) is 16.7. The zero-order valence-corrected chi connectivity index (χ0v) is 24.3. The van der Waals surface area contributed by atoms with E-state index in [2.05, 4.69) is 4.90 Å². The van der Waals surface area contributed by atoms with Crippen molar-refractivity contribution in [2.75, 3.05) is 36.1 Å². The first-order valence-electron chi connectivity index (χ1n) is 12.8. The quantitative estimate of drug-likeness (QED) is 0.337. The Labute approximate surface area is 240 Å². The van der Waals surface area contributed by atoms with E-state index in [0.29, 0.717) is 66.1 Å². The van der Waals surface area contributed by atoms with Crippen molar-refractivity contribution in [1.82, 2.24) is 13.9 Å². The highest BCUT2D eigenvalue weighted by Gasteiger charge is 2.38. The fourth-order valence-electron chi connectivity index (χ4n) is 5.16. The smallest absolute Gasteiger partial charge is 0.296 e. The Kier molecular flexibility index (Phi) is 7.55. The van der Waals surface area contributed by atoms with Gasteiger partial charge in [0, 0.05) is 32.2 Å². The summed E-state index contributed by atoms with van der Waals surface area (Å²) in [6.45, 7) is 7.82. The van der Waals surface area contributed by atoms with E-state index in [4.69, 9.17) is 17.0 Å². The molecule has 0 N–H and O–H groups in total.